The van der Waals surface area contributed by atoms with Crippen molar-refractivity contribution in [1.29, 1.82) is 0 Å². The van der Waals surface area contributed by atoms with Crippen LogP contribution in [0.15, 0.2) is 66.7 Å². The second-order valence-corrected chi connectivity index (χ2v) is 12.0. The van der Waals surface area contributed by atoms with E-state index in [2.05, 4.69) is 34.1 Å². The van der Waals surface area contributed by atoms with Gasteiger partial charge in [-0.2, -0.15) is 0 Å². The molecule has 3 heterocycles. The van der Waals surface area contributed by atoms with Crippen LogP contribution in [0.5, 0.6) is 11.5 Å². The molecule has 0 radical (unpaired) electrons. The molecule has 0 amide bonds. The number of aryl methyl sites for hydroxylation is 1. The van der Waals surface area contributed by atoms with E-state index in [1.54, 1.807) is 11.3 Å². The fraction of sp³-hybridized carbons (Fsp3) is 0.382. The quantitative estimate of drug-likeness (QED) is 0.186. The molecule has 0 atom stereocenters. The zero-order chi connectivity index (χ0) is 27.3. The summed E-state index contributed by atoms with van der Waals surface area (Å²) in [5.74, 6) is 1.77. The fourth-order valence-electron chi connectivity index (χ4n) is 5.86. The third-order valence-corrected chi connectivity index (χ3v) is 9.33. The Balaban J connectivity index is 1.20. The van der Waals surface area contributed by atoms with Gasteiger partial charge in [0, 0.05) is 39.2 Å². The van der Waals surface area contributed by atoms with Gasteiger partial charge in [-0.05, 0) is 118 Å². The molecule has 1 aromatic heterocycles. The summed E-state index contributed by atoms with van der Waals surface area (Å²) >= 11 is 1.67. The highest BCUT2D eigenvalue weighted by Crippen LogP contribution is 2.40. The Morgan fingerprint density at radius 1 is 0.800 bits per heavy atom. The second-order valence-electron chi connectivity index (χ2n) is 10.9. The standard InChI is InChI=1S/C34H38N2O3S/c1-25-24-27(12-15-30(25)39-23-21-36-18-6-7-19-36)33(37)32-29-8-2-3-9-31(29)40-34(32)26-10-13-28(14-11-26)38-22-20-35-16-4-5-17-35/h2-3,8-15,24H,4-7,16-23H2,1H3. The Bertz CT molecular complexity index is 1450. The molecule has 5 nitrogen and oxygen atoms in total. The minimum atomic E-state index is 0.0464. The van der Waals surface area contributed by atoms with E-state index in [0.29, 0.717) is 18.8 Å². The number of ketones is 1. The van der Waals surface area contributed by atoms with Crippen molar-refractivity contribution in [3.63, 3.8) is 0 Å². The van der Waals surface area contributed by atoms with Crippen molar-refractivity contribution in [3.8, 4) is 21.9 Å². The molecule has 0 unspecified atom stereocenters. The lowest BCUT2D eigenvalue weighted by Crippen LogP contribution is -2.25. The third-order valence-electron chi connectivity index (χ3n) is 8.11. The summed E-state index contributed by atoms with van der Waals surface area (Å²) in [4.78, 5) is 19.9. The molecule has 2 aliphatic rings. The summed E-state index contributed by atoms with van der Waals surface area (Å²) in [7, 11) is 0. The lowest BCUT2D eigenvalue weighted by atomic mass is 9.96. The summed E-state index contributed by atoms with van der Waals surface area (Å²) in [6.07, 6.45) is 5.15. The van der Waals surface area contributed by atoms with Crippen LogP contribution in [0, 0.1) is 6.92 Å². The van der Waals surface area contributed by atoms with Crippen LogP contribution in [-0.2, 0) is 0 Å². The van der Waals surface area contributed by atoms with E-state index in [1.165, 1.54) is 51.9 Å². The zero-order valence-electron chi connectivity index (χ0n) is 23.4. The molecule has 0 aliphatic carbocycles. The minimum Gasteiger partial charge on any atom is -0.492 e. The van der Waals surface area contributed by atoms with E-state index in [4.69, 9.17) is 9.47 Å². The van der Waals surface area contributed by atoms with Crippen LogP contribution in [0.1, 0.15) is 47.2 Å². The molecule has 2 aliphatic heterocycles. The van der Waals surface area contributed by atoms with Gasteiger partial charge in [0.15, 0.2) is 5.78 Å². The maximum Gasteiger partial charge on any atom is 0.195 e. The maximum absolute atomic E-state index is 14.0. The number of hydrogen-bond acceptors (Lipinski definition) is 6. The van der Waals surface area contributed by atoms with Gasteiger partial charge in [0.25, 0.3) is 0 Å². The molecule has 2 saturated heterocycles. The van der Waals surface area contributed by atoms with Gasteiger partial charge in [0.05, 0.1) is 0 Å². The normalized spacial score (nSPS) is 16.1. The first-order chi connectivity index (χ1) is 19.7. The van der Waals surface area contributed by atoms with Crippen molar-refractivity contribution < 1.29 is 14.3 Å². The summed E-state index contributed by atoms with van der Waals surface area (Å²) in [6, 6.07) is 22.2. The minimum absolute atomic E-state index is 0.0464. The van der Waals surface area contributed by atoms with Crippen molar-refractivity contribution in [3.05, 3.63) is 83.4 Å². The number of benzene rings is 3. The number of fused-ring (bicyclic) bond motifs is 1. The van der Waals surface area contributed by atoms with Gasteiger partial charge >= 0.3 is 0 Å². The second kappa shape index (κ2) is 12.5. The van der Waals surface area contributed by atoms with E-state index in [-0.39, 0.29) is 5.78 Å². The van der Waals surface area contributed by atoms with Crippen molar-refractivity contribution in [1.82, 2.24) is 9.80 Å². The van der Waals surface area contributed by atoms with Gasteiger partial charge in [-0.25, -0.2) is 0 Å². The molecule has 0 N–H and O–H groups in total. The molecule has 2 fully saturated rings. The summed E-state index contributed by atoms with van der Waals surface area (Å²) < 4.78 is 13.2. The molecule has 0 bridgehead atoms. The van der Waals surface area contributed by atoms with Gasteiger partial charge in [-0.15, -0.1) is 11.3 Å². The molecular weight excluding hydrogens is 516 g/mol. The van der Waals surface area contributed by atoms with Crippen LogP contribution in [0.3, 0.4) is 0 Å². The summed E-state index contributed by atoms with van der Waals surface area (Å²) in [6.45, 7) is 10.0. The molecule has 0 spiro atoms. The Morgan fingerprint density at radius 2 is 1.45 bits per heavy atom. The van der Waals surface area contributed by atoms with Crippen LogP contribution >= 0.6 is 11.3 Å². The van der Waals surface area contributed by atoms with E-state index < -0.39 is 0 Å². The molecule has 208 valence electrons. The van der Waals surface area contributed by atoms with Crippen LogP contribution in [0.25, 0.3) is 20.5 Å². The van der Waals surface area contributed by atoms with Crippen molar-refractivity contribution in [2.75, 3.05) is 52.5 Å². The predicted molar refractivity (Wildman–Crippen MR) is 164 cm³/mol. The highest BCUT2D eigenvalue weighted by atomic mass is 32.1. The van der Waals surface area contributed by atoms with Gasteiger partial charge in [0.1, 0.15) is 24.7 Å². The van der Waals surface area contributed by atoms with Crippen molar-refractivity contribution in [2.45, 2.75) is 32.6 Å². The Morgan fingerprint density at radius 3 is 2.12 bits per heavy atom. The maximum atomic E-state index is 14.0. The molecule has 6 rings (SSSR count). The van der Waals surface area contributed by atoms with Gasteiger partial charge in [-0.1, -0.05) is 18.2 Å². The van der Waals surface area contributed by atoms with E-state index >= 15 is 0 Å². The number of thiophene rings is 1. The first-order valence-electron chi connectivity index (χ1n) is 14.6. The largest absolute Gasteiger partial charge is 0.492 e. The van der Waals surface area contributed by atoms with Crippen molar-refractivity contribution in [2.24, 2.45) is 0 Å². The lowest BCUT2D eigenvalue weighted by Gasteiger charge is -2.16. The predicted octanol–water partition coefficient (Wildman–Crippen LogP) is 7.06. The van der Waals surface area contributed by atoms with E-state index in [9.17, 15) is 4.79 Å². The van der Waals surface area contributed by atoms with Gasteiger partial charge < -0.3 is 9.47 Å². The smallest absolute Gasteiger partial charge is 0.195 e. The average molecular weight is 555 g/mol. The summed E-state index contributed by atoms with van der Waals surface area (Å²) in [5, 5.41) is 1.00. The van der Waals surface area contributed by atoms with Crippen LogP contribution in [-0.4, -0.2) is 68.1 Å². The lowest BCUT2D eigenvalue weighted by molar-refractivity contribution is 0.104. The summed E-state index contributed by atoms with van der Waals surface area (Å²) in [5.41, 5.74) is 3.49. The molecule has 4 aromatic rings. The molecule has 40 heavy (non-hydrogen) atoms. The monoisotopic (exact) mass is 554 g/mol. The first-order valence-corrected chi connectivity index (χ1v) is 15.4. The number of carbonyl (C=O) groups is 1. The number of nitrogens with zero attached hydrogens (tertiary/aromatic N) is 2. The third kappa shape index (κ3) is 6.09. The van der Waals surface area contributed by atoms with Crippen LogP contribution in [0.2, 0.25) is 0 Å². The fourth-order valence-corrected chi connectivity index (χ4v) is 7.07. The van der Waals surface area contributed by atoms with Gasteiger partial charge in [0.2, 0.25) is 0 Å². The number of ether oxygens (including phenoxy) is 2. The number of carbonyl (C=O) groups excluding carboxylic acids is 1. The zero-order valence-corrected chi connectivity index (χ0v) is 24.2. The number of likely N-dealkylation sites (tertiary alicyclic amines) is 2. The number of hydrogen-bond donors (Lipinski definition) is 0. The van der Waals surface area contributed by atoms with Crippen LogP contribution in [0.4, 0.5) is 0 Å². The number of rotatable bonds is 11. The Kier molecular flexibility index (Phi) is 8.47. The molecular formula is C34H38N2O3S. The average Bonchev–Trinajstić information content (AvgIpc) is 3.76. The molecule has 3 aromatic carbocycles. The van der Waals surface area contributed by atoms with Crippen LogP contribution < -0.4 is 9.47 Å². The van der Waals surface area contributed by atoms with Crippen molar-refractivity contribution >= 4 is 27.2 Å². The first kappa shape index (κ1) is 27.0. The SMILES string of the molecule is Cc1cc(C(=O)c2c(-c3ccc(OCCN4CCCC4)cc3)sc3ccccc23)ccc1OCCN1CCCC1. The van der Waals surface area contributed by atoms with E-state index in [1.807, 2.05) is 49.4 Å². The highest BCUT2D eigenvalue weighted by molar-refractivity contribution is 7.22. The Hall–Kier alpha value is -3.19. The highest BCUT2D eigenvalue weighted by Gasteiger charge is 2.22. The molecule has 0 saturated carbocycles. The molecule has 6 heteroatoms. The Labute approximate surface area is 241 Å². The van der Waals surface area contributed by atoms with Gasteiger partial charge in [-0.3, -0.25) is 14.6 Å². The van der Waals surface area contributed by atoms with E-state index in [0.717, 1.165) is 56.2 Å². The topological polar surface area (TPSA) is 42.0 Å².